The number of fused-ring (bicyclic) bond motifs is 1. The maximum absolute atomic E-state index is 13.3. The number of nitrogens with zero attached hydrogens (tertiary/aromatic N) is 4. The summed E-state index contributed by atoms with van der Waals surface area (Å²) in [5, 5.41) is 4.37. The minimum atomic E-state index is -3.67. The second-order valence-corrected chi connectivity index (χ2v) is 10.9. The standard InChI is InChI=1S/C27H28FN5O2S/c1-19-7-11-22(12-8-19)29-27-24-5-3-4-6-25(24)30-26(31-27)20(2)32-15-17-33(18-16-32)36(34,35)23-13-9-21(28)10-14-23/h3-14,20H,15-18H2,1-2H3,(H,29,30,31)/t20-/m1/s1. The van der Waals surface area contributed by atoms with E-state index in [9.17, 15) is 12.8 Å². The molecule has 7 nitrogen and oxygen atoms in total. The molecule has 1 N–H and O–H groups in total. The monoisotopic (exact) mass is 505 g/mol. The molecular formula is C27H28FN5O2S. The molecule has 0 radical (unpaired) electrons. The number of benzene rings is 3. The van der Waals surface area contributed by atoms with Gasteiger partial charge >= 0.3 is 0 Å². The lowest BCUT2D eigenvalue weighted by atomic mass is 10.2. The highest BCUT2D eigenvalue weighted by Crippen LogP contribution is 2.28. The zero-order chi connectivity index (χ0) is 25.3. The van der Waals surface area contributed by atoms with Crippen LogP contribution in [0.25, 0.3) is 10.9 Å². The summed E-state index contributed by atoms with van der Waals surface area (Å²) >= 11 is 0. The maximum atomic E-state index is 13.3. The van der Waals surface area contributed by atoms with Crippen LogP contribution in [-0.2, 0) is 10.0 Å². The van der Waals surface area contributed by atoms with Gasteiger partial charge in [0.25, 0.3) is 0 Å². The number of aryl methyl sites for hydroxylation is 1. The number of rotatable bonds is 6. The lowest BCUT2D eigenvalue weighted by Gasteiger charge is -2.36. The molecule has 36 heavy (non-hydrogen) atoms. The van der Waals surface area contributed by atoms with Crippen molar-refractivity contribution in [3.63, 3.8) is 0 Å². The molecule has 0 bridgehead atoms. The second kappa shape index (κ2) is 9.93. The van der Waals surface area contributed by atoms with Crippen molar-refractivity contribution in [1.29, 1.82) is 0 Å². The molecule has 3 aromatic carbocycles. The molecule has 1 saturated heterocycles. The highest BCUT2D eigenvalue weighted by molar-refractivity contribution is 7.89. The Hall–Kier alpha value is -3.40. The normalized spacial score (nSPS) is 16.2. The van der Waals surface area contributed by atoms with Crippen molar-refractivity contribution in [1.82, 2.24) is 19.2 Å². The highest BCUT2D eigenvalue weighted by Gasteiger charge is 2.31. The Balaban J connectivity index is 1.35. The average molecular weight is 506 g/mol. The van der Waals surface area contributed by atoms with Gasteiger partial charge in [0.1, 0.15) is 17.5 Å². The molecule has 2 heterocycles. The molecule has 0 spiro atoms. The number of hydrogen-bond acceptors (Lipinski definition) is 6. The number of hydrogen-bond donors (Lipinski definition) is 1. The van der Waals surface area contributed by atoms with Gasteiger partial charge in [0.05, 0.1) is 16.5 Å². The molecule has 0 aliphatic carbocycles. The quantitative estimate of drug-likeness (QED) is 0.402. The molecule has 9 heteroatoms. The van der Waals surface area contributed by atoms with E-state index < -0.39 is 15.8 Å². The van der Waals surface area contributed by atoms with Gasteiger partial charge in [0, 0.05) is 37.3 Å². The molecule has 1 atom stereocenters. The average Bonchev–Trinajstić information content (AvgIpc) is 2.90. The molecule has 4 aromatic rings. The van der Waals surface area contributed by atoms with Gasteiger partial charge in [-0.2, -0.15) is 4.31 Å². The molecule has 5 rings (SSSR count). The van der Waals surface area contributed by atoms with Crippen LogP contribution in [0.2, 0.25) is 0 Å². The summed E-state index contributed by atoms with van der Waals surface area (Å²) < 4.78 is 40.7. The zero-order valence-electron chi connectivity index (χ0n) is 20.2. The van der Waals surface area contributed by atoms with Crippen molar-refractivity contribution in [2.24, 2.45) is 0 Å². The van der Waals surface area contributed by atoms with Gasteiger partial charge in [0.15, 0.2) is 0 Å². The number of sulfonamides is 1. The summed E-state index contributed by atoms with van der Waals surface area (Å²) in [6.45, 7) is 5.85. The van der Waals surface area contributed by atoms with Gasteiger partial charge < -0.3 is 5.32 Å². The number of aromatic nitrogens is 2. The Kier molecular flexibility index (Phi) is 6.70. The number of anilines is 2. The predicted octanol–water partition coefficient (Wildman–Crippen LogP) is 4.89. The molecule has 1 fully saturated rings. The molecule has 0 saturated carbocycles. The van der Waals surface area contributed by atoms with Crippen molar-refractivity contribution >= 4 is 32.4 Å². The largest absolute Gasteiger partial charge is 0.340 e. The van der Waals surface area contributed by atoms with Crippen LogP contribution in [0, 0.1) is 12.7 Å². The highest BCUT2D eigenvalue weighted by atomic mass is 32.2. The van der Waals surface area contributed by atoms with E-state index in [-0.39, 0.29) is 10.9 Å². The number of para-hydroxylation sites is 1. The number of halogens is 1. The summed E-state index contributed by atoms with van der Waals surface area (Å²) in [4.78, 5) is 12.0. The minimum absolute atomic E-state index is 0.107. The van der Waals surface area contributed by atoms with Crippen LogP contribution >= 0.6 is 0 Å². The van der Waals surface area contributed by atoms with E-state index in [1.807, 2.05) is 50.2 Å². The SMILES string of the molecule is Cc1ccc(Nc2nc([C@@H](C)N3CCN(S(=O)(=O)c4ccc(F)cc4)CC3)nc3ccccc23)cc1. The van der Waals surface area contributed by atoms with Crippen molar-refractivity contribution in [2.75, 3.05) is 31.5 Å². The minimum Gasteiger partial charge on any atom is -0.340 e. The van der Waals surface area contributed by atoms with Crippen LogP contribution in [0.5, 0.6) is 0 Å². The summed E-state index contributed by atoms with van der Waals surface area (Å²) in [5.41, 5.74) is 2.98. The molecular weight excluding hydrogens is 477 g/mol. The summed E-state index contributed by atoms with van der Waals surface area (Å²) in [6, 6.07) is 20.9. The van der Waals surface area contributed by atoms with Crippen LogP contribution in [-0.4, -0.2) is 53.8 Å². The maximum Gasteiger partial charge on any atom is 0.243 e. The Labute approximate surface area is 210 Å². The number of nitrogens with one attached hydrogen (secondary N) is 1. The fourth-order valence-corrected chi connectivity index (χ4v) is 5.82. The van der Waals surface area contributed by atoms with E-state index in [1.165, 1.54) is 34.1 Å². The smallest absolute Gasteiger partial charge is 0.243 e. The fraction of sp³-hybridized carbons (Fsp3) is 0.259. The number of piperazine rings is 1. The van der Waals surface area contributed by atoms with Gasteiger partial charge in [0.2, 0.25) is 10.0 Å². The third-order valence-corrected chi connectivity index (χ3v) is 8.49. The van der Waals surface area contributed by atoms with E-state index in [4.69, 9.17) is 9.97 Å². The summed E-state index contributed by atoms with van der Waals surface area (Å²) in [5.74, 6) is 0.959. The summed E-state index contributed by atoms with van der Waals surface area (Å²) in [7, 11) is -3.67. The first-order chi connectivity index (χ1) is 17.3. The van der Waals surface area contributed by atoms with Gasteiger partial charge in [-0.05, 0) is 62.4 Å². The van der Waals surface area contributed by atoms with Crippen molar-refractivity contribution < 1.29 is 12.8 Å². The predicted molar refractivity (Wildman–Crippen MR) is 139 cm³/mol. The first-order valence-corrected chi connectivity index (χ1v) is 13.4. The van der Waals surface area contributed by atoms with E-state index in [1.54, 1.807) is 0 Å². The van der Waals surface area contributed by atoms with Crippen LogP contribution in [0.15, 0.2) is 77.7 Å². The van der Waals surface area contributed by atoms with E-state index in [0.29, 0.717) is 32.0 Å². The second-order valence-electron chi connectivity index (χ2n) is 9.01. The van der Waals surface area contributed by atoms with E-state index in [0.717, 1.165) is 22.4 Å². The molecule has 1 aromatic heterocycles. The molecule has 0 unspecified atom stereocenters. The van der Waals surface area contributed by atoms with Crippen LogP contribution in [0.3, 0.4) is 0 Å². The summed E-state index contributed by atoms with van der Waals surface area (Å²) in [6.07, 6.45) is 0. The molecule has 1 aliphatic heterocycles. The zero-order valence-corrected chi connectivity index (χ0v) is 21.0. The van der Waals surface area contributed by atoms with Crippen LogP contribution in [0.4, 0.5) is 15.9 Å². The first-order valence-electron chi connectivity index (χ1n) is 11.9. The Morgan fingerprint density at radius 3 is 2.25 bits per heavy atom. The Morgan fingerprint density at radius 1 is 0.889 bits per heavy atom. The topological polar surface area (TPSA) is 78.4 Å². The lowest BCUT2D eigenvalue weighted by molar-refractivity contribution is 0.141. The lowest BCUT2D eigenvalue weighted by Crippen LogP contribution is -2.49. The van der Waals surface area contributed by atoms with Gasteiger partial charge in [-0.1, -0.05) is 29.8 Å². The van der Waals surface area contributed by atoms with Gasteiger partial charge in [-0.3, -0.25) is 4.90 Å². The Bertz CT molecular complexity index is 1470. The molecule has 0 amide bonds. The van der Waals surface area contributed by atoms with Crippen LogP contribution in [0.1, 0.15) is 24.4 Å². The first kappa shape index (κ1) is 24.3. The van der Waals surface area contributed by atoms with E-state index in [2.05, 4.69) is 22.3 Å². The van der Waals surface area contributed by atoms with Crippen molar-refractivity contribution in [2.45, 2.75) is 24.8 Å². The van der Waals surface area contributed by atoms with Gasteiger partial charge in [-0.25, -0.2) is 22.8 Å². The third kappa shape index (κ3) is 4.95. The molecule has 186 valence electrons. The molecule has 1 aliphatic rings. The van der Waals surface area contributed by atoms with Gasteiger partial charge in [-0.15, -0.1) is 0 Å². The van der Waals surface area contributed by atoms with Crippen LogP contribution < -0.4 is 5.32 Å². The van der Waals surface area contributed by atoms with E-state index >= 15 is 0 Å². The fourth-order valence-electron chi connectivity index (χ4n) is 4.40. The Morgan fingerprint density at radius 2 is 1.56 bits per heavy atom. The van der Waals surface area contributed by atoms with Crippen molar-refractivity contribution in [3.8, 4) is 0 Å². The van der Waals surface area contributed by atoms with Crippen molar-refractivity contribution in [3.05, 3.63) is 90.0 Å². The third-order valence-electron chi connectivity index (χ3n) is 6.58.